The minimum Gasteiger partial charge on any atom is -0.283 e. The molecule has 0 fully saturated rings. The van der Waals surface area contributed by atoms with Crippen LogP contribution in [0.3, 0.4) is 0 Å². The Labute approximate surface area is 160 Å². The lowest BCUT2D eigenvalue weighted by atomic mass is 10.1. The van der Waals surface area contributed by atoms with Crippen LogP contribution in [-0.4, -0.2) is 22.6 Å². The topological polar surface area (TPSA) is 88.2 Å². The Morgan fingerprint density at radius 3 is 2.22 bits per heavy atom. The minimum atomic E-state index is -0.905. The van der Waals surface area contributed by atoms with Crippen LogP contribution in [0.15, 0.2) is 54.6 Å². The van der Waals surface area contributed by atoms with Gasteiger partial charge in [0.25, 0.3) is 11.7 Å². The standard InChI is InChI=1S/C20H17N3O3S/c1-12-8-10-14(11-9-12)16(24)18(25)22-23-19(26)17-13(2)21-20(27-17)15-6-4-3-5-7-15/h3-11H,1-2H3,(H,22,25)(H,23,26). The van der Waals surface area contributed by atoms with E-state index in [9.17, 15) is 14.4 Å². The fourth-order valence-corrected chi connectivity index (χ4v) is 3.34. The molecule has 0 aliphatic heterocycles. The molecule has 0 saturated heterocycles. The molecule has 3 aromatic rings. The molecule has 0 unspecified atom stereocenters. The second kappa shape index (κ2) is 7.92. The van der Waals surface area contributed by atoms with E-state index in [1.54, 1.807) is 31.2 Å². The number of hydrazine groups is 1. The van der Waals surface area contributed by atoms with E-state index in [0.717, 1.165) is 11.1 Å². The Morgan fingerprint density at radius 2 is 1.56 bits per heavy atom. The normalized spacial score (nSPS) is 10.3. The molecule has 0 aliphatic rings. The molecule has 2 aromatic carbocycles. The number of Topliss-reactive ketones (excluding diaryl/α,β-unsaturated/α-hetero) is 1. The number of amides is 2. The number of hydrogen-bond donors (Lipinski definition) is 2. The Bertz CT molecular complexity index is 995. The van der Waals surface area contributed by atoms with Gasteiger partial charge in [-0.15, -0.1) is 11.3 Å². The molecule has 0 spiro atoms. The molecule has 0 bridgehead atoms. The molecule has 0 atom stereocenters. The Kier molecular flexibility index (Phi) is 5.42. The minimum absolute atomic E-state index is 0.257. The van der Waals surface area contributed by atoms with E-state index in [1.165, 1.54) is 11.3 Å². The second-order valence-corrected chi connectivity index (χ2v) is 6.90. The molecule has 0 aliphatic carbocycles. The van der Waals surface area contributed by atoms with Gasteiger partial charge in [0.1, 0.15) is 9.88 Å². The highest BCUT2D eigenvalue weighted by Crippen LogP contribution is 2.27. The number of benzene rings is 2. The van der Waals surface area contributed by atoms with Gasteiger partial charge in [-0.25, -0.2) is 4.98 Å². The first-order valence-electron chi connectivity index (χ1n) is 8.20. The van der Waals surface area contributed by atoms with Gasteiger partial charge in [-0.2, -0.15) is 0 Å². The van der Waals surface area contributed by atoms with Crippen molar-refractivity contribution in [2.24, 2.45) is 0 Å². The number of nitrogens with zero attached hydrogens (tertiary/aromatic N) is 1. The van der Waals surface area contributed by atoms with E-state index in [0.29, 0.717) is 15.6 Å². The average molecular weight is 379 g/mol. The zero-order valence-electron chi connectivity index (χ0n) is 14.8. The monoisotopic (exact) mass is 379 g/mol. The predicted molar refractivity (Wildman–Crippen MR) is 103 cm³/mol. The maximum atomic E-state index is 12.4. The van der Waals surface area contributed by atoms with E-state index >= 15 is 0 Å². The van der Waals surface area contributed by atoms with E-state index in [4.69, 9.17) is 0 Å². The smallest absolute Gasteiger partial charge is 0.283 e. The third-order valence-electron chi connectivity index (χ3n) is 3.83. The fourth-order valence-electron chi connectivity index (χ4n) is 2.37. The molecule has 2 N–H and O–H groups in total. The Balaban J connectivity index is 1.65. The summed E-state index contributed by atoms with van der Waals surface area (Å²) >= 11 is 1.22. The quantitative estimate of drug-likeness (QED) is 0.414. The lowest BCUT2D eigenvalue weighted by Gasteiger charge is -2.06. The van der Waals surface area contributed by atoms with Crippen LogP contribution in [0, 0.1) is 13.8 Å². The van der Waals surface area contributed by atoms with Crippen molar-refractivity contribution in [2.75, 3.05) is 0 Å². The van der Waals surface area contributed by atoms with E-state index < -0.39 is 17.6 Å². The van der Waals surface area contributed by atoms with Crippen molar-refractivity contribution in [3.05, 3.63) is 76.3 Å². The molecule has 1 aromatic heterocycles. The Hall–Kier alpha value is -3.32. The van der Waals surface area contributed by atoms with Crippen molar-refractivity contribution >= 4 is 28.9 Å². The van der Waals surface area contributed by atoms with E-state index in [2.05, 4.69) is 15.8 Å². The van der Waals surface area contributed by atoms with Crippen LogP contribution in [0.2, 0.25) is 0 Å². The van der Waals surface area contributed by atoms with Gasteiger partial charge in [0, 0.05) is 11.1 Å². The average Bonchev–Trinajstić information content (AvgIpc) is 3.08. The van der Waals surface area contributed by atoms with E-state index in [1.807, 2.05) is 37.3 Å². The molecular formula is C20H17N3O3S. The van der Waals surface area contributed by atoms with Crippen molar-refractivity contribution in [1.29, 1.82) is 0 Å². The van der Waals surface area contributed by atoms with Crippen molar-refractivity contribution in [2.45, 2.75) is 13.8 Å². The van der Waals surface area contributed by atoms with Gasteiger partial charge in [-0.1, -0.05) is 60.2 Å². The summed E-state index contributed by atoms with van der Waals surface area (Å²) in [6.07, 6.45) is 0. The van der Waals surface area contributed by atoms with Gasteiger partial charge in [0.2, 0.25) is 0 Å². The lowest BCUT2D eigenvalue weighted by Crippen LogP contribution is -2.44. The number of rotatable bonds is 4. The summed E-state index contributed by atoms with van der Waals surface area (Å²) < 4.78 is 0. The van der Waals surface area contributed by atoms with Crippen molar-refractivity contribution in [1.82, 2.24) is 15.8 Å². The summed E-state index contributed by atoms with van der Waals surface area (Å²) in [7, 11) is 0. The summed E-state index contributed by atoms with van der Waals surface area (Å²) in [6.45, 7) is 3.60. The Morgan fingerprint density at radius 1 is 0.889 bits per heavy atom. The van der Waals surface area contributed by atoms with Gasteiger partial charge in [-0.05, 0) is 13.8 Å². The van der Waals surface area contributed by atoms with Crippen LogP contribution in [0.25, 0.3) is 10.6 Å². The molecule has 0 radical (unpaired) electrons. The molecule has 136 valence electrons. The first kappa shape index (κ1) is 18.5. The van der Waals surface area contributed by atoms with Crippen LogP contribution in [0.4, 0.5) is 0 Å². The van der Waals surface area contributed by atoms with Crippen LogP contribution in [0.5, 0.6) is 0 Å². The fraction of sp³-hybridized carbons (Fsp3) is 0.100. The SMILES string of the molecule is Cc1ccc(C(=O)C(=O)NNC(=O)c2sc(-c3ccccc3)nc2C)cc1. The number of carbonyl (C=O) groups is 3. The van der Waals surface area contributed by atoms with Gasteiger partial charge in [-0.3, -0.25) is 25.2 Å². The lowest BCUT2D eigenvalue weighted by molar-refractivity contribution is -0.117. The summed E-state index contributed by atoms with van der Waals surface area (Å²) in [4.78, 5) is 41.2. The van der Waals surface area contributed by atoms with Crippen LogP contribution in [0.1, 0.15) is 31.3 Å². The molecule has 6 nitrogen and oxygen atoms in total. The highest BCUT2D eigenvalue weighted by Gasteiger charge is 2.20. The molecule has 7 heteroatoms. The van der Waals surface area contributed by atoms with Crippen molar-refractivity contribution in [3.63, 3.8) is 0 Å². The highest BCUT2D eigenvalue weighted by molar-refractivity contribution is 7.17. The number of hydrogen-bond acceptors (Lipinski definition) is 5. The van der Waals surface area contributed by atoms with Gasteiger partial charge in [0.05, 0.1) is 5.69 Å². The van der Waals surface area contributed by atoms with E-state index in [-0.39, 0.29) is 5.56 Å². The van der Waals surface area contributed by atoms with Gasteiger partial charge >= 0.3 is 5.91 Å². The molecule has 3 rings (SSSR count). The third-order valence-corrected chi connectivity index (χ3v) is 5.04. The molecular weight excluding hydrogens is 362 g/mol. The predicted octanol–water partition coefficient (Wildman–Crippen LogP) is 3.07. The largest absolute Gasteiger partial charge is 0.310 e. The molecule has 27 heavy (non-hydrogen) atoms. The van der Waals surface area contributed by atoms with Crippen LogP contribution >= 0.6 is 11.3 Å². The third kappa shape index (κ3) is 4.27. The number of ketones is 1. The number of nitrogens with one attached hydrogen (secondary N) is 2. The zero-order chi connectivity index (χ0) is 19.4. The van der Waals surface area contributed by atoms with Gasteiger partial charge < -0.3 is 0 Å². The molecule has 1 heterocycles. The summed E-state index contributed by atoms with van der Waals surface area (Å²) in [5.41, 5.74) is 7.13. The number of aromatic nitrogens is 1. The maximum absolute atomic E-state index is 12.4. The maximum Gasteiger partial charge on any atom is 0.310 e. The van der Waals surface area contributed by atoms with Crippen LogP contribution < -0.4 is 10.9 Å². The second-order valence-electron chi connectivity index (χ2n) is 5.90. The first-order chi connectivity index (χ1) is 13.0. The summed E-state index contributed by atoms with van der Waals surface area (Å²) in [6, 6.07) is 16.1. The number of aryl methyl sites for hydroxylation is 2. The van der Waals surface area contributed by atoms with Gasteiger partial charge in [0.15, 0.2) is 0 Å². The van der Waals surface area contributed by atoms with Crippen molar-refractivity contribution < 1.29 is 14.4 Å². The first-order valence-corrected chi connectivity index (χ1v) is 9.02. The zero-order valence-corrected chi connectivity index (χ0v) is 15.6. The highest BCUT2D eigenvalue weighted by atomic mass is 32.1. The number of carbonyl (C=O) groups excluding carboxylic acids is 3. The number of thiazole rings is 1. The summed E-state index contributed by atoms with van der Waals surface area (Å²) in [5, 5.41) is 0.709. The van der Waals surface area contributed by atoms with Crippen molar-refractivity contribution in [3.8, 4) is 10.6 Å². The molecule has 0 saturated carbocycles. The van der Waals surface area contributed by atoms with Crippen LogP contribution in [-0.2, 0) is 4.79 Å². The summed E-state index contributed by atoms with van der Waals surface area (Å²) in [5.74, 6) is -2.14. The molecule has 2 amide bonds.